The van der Waals surface area contributed by atoms with Crippen LogP contribution in [0.4, 0.5) is 0 Å². The number of carbonyl (C=O) groups excluding carboxylic acids is 1. The Balaban J connectivity index is 3.26. The van der Waals surface area contributed by atoms with E-state index in [1.165, 1.54) is 12.1 Å². The van der Waals surface area contributed by atoms with Gasteiger partial charge in [-0.3, -0.25) is 4.79 Å². The van der Waals surface area contributed by atoms with E-state index in [1.807, 2.05) is 27.7 Å². The number of primary sulfonamides is 1. The van der Waals surface area contributed by atoms with Crippen molar-refractivity contribution in [3.63, 3.8) is 0 Å². The Morgan fingerprint density at radius 3 is 2.33 bits per heavy atom. The third-order valence-electron chi connectivity index (χ3n) is 3.20. The van der Waals surface area contributed by atoms with Gasteiger partial charge in [0.15, 0.2) is 0 Å². The van der Waals surface area contributed by atoms with Crippen molar-refractivity contribution in [3.05, 3.63) is 27.2 Å². The predicted molar refractivity (Wildman–Crippen MR) is 86.9 cm³/mol. The van der Waals surface area contributed by atoms with Crippen LogP contribution in [0.5, 0.6) is 0 Å². The second kappa shape index (κ2) is 6.24. The van der Waals surface area contributed by atoms with Crippen molar-refractivity contribution in [2.75, 3.05) is 0 Å². The molecule has 1 rings (SSSR count). The van der Waals surface area contributed by atoms with Gasteiger partial charge in [-0.25, -0.2) is 13.6 Å². The lowest BCUT2D eigenvalue weighted by Gasteiger charge is -2.28. The summed E-state index contributed by atoms with van der Waals surface area (Å²) in [6.07, 6.45) is 0. The number of hydrogen-bond acceptors (Lipinski definition) is 3. The number of nitrogens with two attached hydrogens (primary N) is 1. The quantitative estimate of drug-likeness (QED) is 0.821. The Morgan fingerprint density at radius 2 is 1.90 bits per heavy atom. The van der Waals surface area contributed by atoms with Crippen molar-refractivity contribution in [1.29, 1.82) is 0 Å². The minimum Gasteiger partial charge on any atom is -0.349 e. The monoisotopic (exact) mass is 396 g/mol. The molecule has 0 saturated heterocycles. The molecule has 1 amide bonds. The molecule has 0 radical (unpaired) electrons. The van der Waals surface area contributed by atoms with E-state index in [9.17, 15) is 13.2 Å². The SMILES string of the molecule is CC(NC(=O)c1cc(Br)cc(S(N)(=O)=O)c1Cl)C(C)(C)C. The molecule has 1 atom stereocenters. The highest BCUT2D eigenvalue weighted by Crippen LogP contribution is 2.29. The average molecular weight is 398 g/mol. The number of amides is 1. The minimum atomic E-state index is -4.01. The number of hydrogen-bond donors (Lipinski definition) is 2. The Morgan fingerprint density at radius 1 is 1.38 bits per heavy atom. The van der Waals surface area contributed by atoms with Gasteiger partial charge in [-0.2, -0.15) is 0 Å². The van der Waals surface area contributed by atoms with E-state index in [0.29, 0.717) is 4.47 Å². The van der Waals surface area contributed by atoms with Crippen LogP contribution in [0.2, 0.25) is 5.02 Å². The fourth-order valence-electron chi connectivity index (χ4n) is 1.43. The summed E-state index contributed by atoms with van der Waals surface area (Å²) < 4.78 is 23.4. The summed E-state index contributed by atoms with van der Waals surface area (Å²) in [4.78, 5) is 12.0. The fraction of sp³-hybridized carbons (Fsp3) is 0.462. The molecule has 5 nitrogen and oxygen atoms in total. The smallest absolute Gasteiger partial charge is 0.253 e. The van der Waals surface area contributed by atoms with Crippen LogP contribution in [0.25, 0.3) is 0 Å². The lowest BCUT2D eigenvalue weighted by Crippen LogP contribution is -2.41. The molecule has 0 aliphatic heterocycles. The van der Waals surface area contributed by atoms with Crippen molar-refractivity contribution in [2.45, 2.75) is 38.6 Å². The summed E-state index contributed by atoms with van der Waals surface area (Å²) in [5, 5.41) is 7.72. The van der Waals surface area contributed by atoms with Gasteiger partial charge >= 0.3 is 0 Å². The van der Waals surface area contributed by atoms with Gasteiger partial charge in [0.25, 0.3) is 5.91 Å². The van der Waals surface area contributed by atoms with Gasteiger partial charge < -0.3 is 5.32 Å². The van der Waals surface area contributed by atoms with Crippen LogP contribution >= 0.6 is 27.5 Å². The third kappa shape index (κ3) is 4.67. The maximum atomic E-state index is 12.3. The predicted octanol–water partition coefficient (Wildman–Crippen LogP) is 2.91. The van der Waals surface area contributed by atoms with Crippen LogP contribution in [0.1, 0.15) is 38.1 Å². The van der Waals surface area contributed by atoms with E-state index in [2.05, 4.69) is 21.2 Å². The number of rotatable bonds is 3. The maximum absolute atomic E-state index is 12.3. The molecular formula is C13H18BrClN2O3S. The molecule has 0 aliphatic rings. The van der Waals surface area contributed by atoms with Gasteiger partial charge in [0.05, 0.1) is 10.6 Å². The lowest BCUT2D eigenvalue weighted by atomic mass is 9.88. The topological polar surface area (TPSA) is 89.3 Å². The van der Waals surface area contributed by atoms with E-state index >= 15 is 0 Å². The molecule has 1 aromatic rings. The van der Waals surface area contributed by atoms with Crippen molar-refractivity contribution in [2.24, 2.45) is 10.6 Å². The van der Waals surface area contributed by atoms with Crippen LogP contribution in [0.3, 0.4) is 0 Å². The van der Waals surface area contributed by atoms with Gasteiger partial charge in [-0.15, -0.1) is 0 Å². The van der Waals surface area contributed by atoms with Crippen LogP contribution in [-0.2, 0) is 10.0 Å². The maximum Gasteiger partial charge on any atom is 0.253 e. The second-order valence-electron chi connectivity index (χ2n) is 5.87. The Kier molecular flexibility index (Phi) is 5.47. The summed E-state index contributed by atoms with van der Waals surface area (Å²) in [5.74, 6) is -0.450. The highest BCUT2D eigenvalue weighted by molar-refractivity contribution is 9.10. The summed E-state index contributed by atoms with van der Waals surface area (Å²) >= 11 is 9.17. The average Bonchev–Trinajstić information content (AvgIpc) is 2.28. The zero-order valence-electron chi connectivity index (χ0n) is 12.2. The van der Waals surface area contributed by atoms with E-state index in [4.69, 9.17) is 16.7 Å². The zero-order valence-corrected chi connectivity index (χ0v) is 15.4. The van der Waals surface area contributed by atoms with E-state index < -0.39 is 15.9 Å². The first-order valence-corrected chi connectivity index (χ1v) is 8.88. The molecule has 0 aliphatic carbocycles. The van der Waals surface area contributed by atoms with Crippen molar-refractivity contribution in [1.82, 2.24) is 5.32 Å². The number of halogens is 2. The molecule has 0 saturated carbocycles. The summed E-state index contributed by atoms with van der Waals surface area (Å²) in [6.45, 7) is 7.81. The highest BCUT2D eigenvalue weighted by atomic mass is 79.9. The molecule has 0 heterocycles. The van der Waals surface area contributed by atoms with Crippen molar-refractivity contribution >= 4 is 43.5 Å². The van der Waals surface area contributed by atoms with Crippen LogP contribution in [0, 0.1) is 5.41 Å². The van der Waals surface area contributed by atoms with Crippen LogP contribution in [0.15, 0.2) is 21.5 Å². The molecule has 1 unspecified atom stereocenters. The molecule has 1 aromatic carbocycles. The van der Waals surface area contributed by atoms with E-state index in [-0.39, 0.29) is 26.9 Å². The first kappa shape index (κ1) is 18.4. The first-order chi connectivity index (χ1) is 9.34. The number of carbonyl (C=O) groups is 1. The largest absolute Gasteiger partial charge is 0.349 e. The van der Waals surface area contributed by atoms with Crippen LogP contribution < -0.4 is 10.5 Å². The van der Waals surface area contributed by atoms with Gasteiger partial charge in [0, 0.05) is 10.5 Å². The summed E-state index contributed by atoms with van der Waals surface area (Å²) in [7, 11) is -4.01. The molecular weight excluding hydrogens is 380 g/mol. The van der Waals surface area contributed by atoms with Gasteiger partial charge in [-0.05, 0) is 24.5 Å². The van der Waals surface area contributed by atoms with Gasteiger partial charge in [-0.1, -0.05) is 48.3 Å². The van der Waals surface area contributed by atoms with E-state index in [1.54, 1.807) is 0 Å². The zero-order chi connectivity index (χ0) is 16.6. The number of nitrogens with one attached hydrogen (secondary N) is 1. The molecule has 0 aromatic heterocycles. The highest BCUT2D eigenvalue weighted by Gasteiger charge is 2.25. The molecule has 3 N–H and O–H groups in total. The van der Waals surface area contributed by atoms with E-state index in [0.717, 1.165) is 0 Å². The standard InChI is InChI=1S/C13H18BrClN2O3S/c1-7(13(2,3)4)17-12(18)9-5-8(14)6-10(11(9)15)21(16,19)20/h5-7H,1-4H3,(H,17,18)(H2,16,19,20). The fourth-order valence-corrected chi connectivity index (χ4v) is 3.21. The molecule has 8 heteroatoms. The first-order valence-electron chi connectivity index (χ1n) is 6.16. The number of sulfonamides is 1. The Bertz CT molecular complexity index is 669. The third-order valence-corrected chi connectivity index (χ3v) is 5.11. The second-order valence-corrected chi connectivity index (χ2v) is 8.70. The molecule has 21 heavy (non-hydrogen) atoms. The van der Waals surface area contributed by atoms with Crippen molar-refractivity contribution < 1.29 is 13.2 Å². The lowest BCUT2D eigenvalue weighted by molar-refractivity contribution is 0.0910. The van der Waals surface area contributed by atoms with Gasteiger partial charge in [0.2, 0.25) is 10.0 Å². The normalized spacial score (nSPS) is 13.9. The molecule has 0 fully saturated rings. The minimum absolute atomic E-state index is 0.0613. The number of benzene rings is 1. The van der Waals surface area contributed by atoms with Gasteiger partial charge in [0.1, 0.15) is 4.90 Å². The Labute approximate surface area is 138 Å². The summed E-state index contributed by atoms with van der Waals surface area (Å²) in [6, 6.07) is 2.60. The molecule has 0 spiro atoms. The van der Waals surface area contributed by atoms with Crippen LogP contribution in [-0.4, -0.2) is 20.4 Å². The molecule has 118 valence electrons. The summed E-state index contributed by atoms with van der Waals surface area (Å²) in [5.41, 5.74) is -0.0807. The molecule has 0 bridgehead atoms. The Hall–Kier alpha value is -0.630. The van der Waals surface area contributed by atoms with Crippen molar-refractivity contribution in [3.8, 4) is 0 Å².